The Morgan fingerprint density at radius 1 is 1.12 bits per heavy atom. The van der Waals surface area contributed by atoms with E-state index in [2.05, 4.69) is 17.1 Å². The number of hydrogen-bond acceptors (Lipinski definition) is 2. The molecule has 84 valence electrons. The number of allylic oxidation sites excluding steroid dienone is 2. The molecule has 0 radical (unpaired) electrons. The molecule has 1 aromatic carbocycles. The molecule has 2 aromatic rings. The lowest BCUT2D eigenvalue weighted by Gasteiger charge is -2.17. The first-order valence-electron chi connectivity index (χ1n) is 6.03. The molecule has 3 nitrogen and oxygen atoms in total. The van der Waals surface area contributed by atoms with E-state index in [0.29, 0.717) is 5.92 Å². The quantitative estimate of drug-likeness (QED) is 0.645. The smallest absolute Gasteiger partial charge is 0.236 e. The van der Waals surface area contributed by atoms with Crippen LogP contribution in [0.1, 0.15) is 29.4 Å². The number of carbonyl (C=O) groups excluding carboxylic acids is 1. The summed E-state index contributed by atoms with van der Waals surface area (Å²) in [6.45, 7) is 0. The lowest BCUT2D eigenvalue weighted by molar-refractivity contribution is 0.0857. The summed E-state index contributed by atoms with van der Waals surface area (Å²) in [6.07, 6.45) is 6.10. The Morgan fingerprint density at radius 3 is 2.76 bits per heavy atom. The first kappa shape index (κ1) is 9.16. The highest BCUT2D eigenvalue weighted by Gasteiger charge is 2.42. The maximum absolute atomic E-state index is 12.4. The molecule has 3 heteroatoms. The SMILES string of the molecule is O=C1C2CC=CCC2c2nc3ccccc3n21. The van der Waals surface area contributed by atoms with Crippen LogP contribution in [0.15, 0.2) is 36.4 Å². The minimum atomic E-state index is 0.118. The van der Waals surface area contributed by atoms with Crippen LogP contribution >= 0.6 is 0 Å². The molecule has 0 saturated heterocycles. The van der Waals surface area contributed by atoms with Gasteiger partial charge in [-0.2, -0.15) is 0 Å². The van der Waals surface area contributed by atoms with E-state index in [4.69, 9.17) is 0 Å². The van der Waals surface area contributed by atoms with Crippen LogP contribution in [0.5, 0.6) is 0 Å². The van der Waals surface area contributed by atoms with Crippen molar-refractivity contribution in [3.63, 3.8) is 0 Å². The maximum atomic E-state index is 12.4. The minimum absolute atomic E-state index is 0.118. The Morgan fingerprint density at radius 2 is 1.88 bits per heavy atom. The molecule has 0 bridgehead atoms. The summed E-state index contributed by atoms with van der Waals surface area (Å²) in [5, 5.41) is 0. The first-order valence-corrected chi connectivity index (χ1v) is 6.03. The predicted octanol–water partition coefficient (Wildman–Crippen LogP) is 2.74. The molecule has 2 aliphatic rings. The van der Waals surface area contributed by atoms with E-state index in [-0.39, 0.29) is 11.8 Å². The van der Waals surface area contributed by atoms with Crippen LogP contribution in [0, 0.1) is 5.92 Å². The number of nitrogens with zero attached hydrogens (tertiary/aromatic N) is 2. The van der Waals surface area contributed by atoms with Crippen LogP contribution in [-0.2, 0) is 0 Å². The summed E-state index contributed by atoms with van der Waals surface area (Å²) in [5.41, 5.74) is 1.89. The van der Waals surface area contributed by atoms with E-state index in [1.165, 1.54) is 0 Å². The molecule has 17 heavy (non-hydrogen) atoms. The molecule has 0 N–H and O–H groups in total. The zero-order valence-corrected chi connectivity index (χ0v) is 9.34. The number of para-hydroxylation sites is 2. The first-order chi connectivity index (χ1) is 8.36. The van der Waals surface area contributed by atoms with Gasteiger partial charge in [0.1, 0.15) is 5.82 Å². The van der Waals surface area contributed by atoms with Crippen LogP contribution in [0.4, 0.5) is 0 Å². The summed E-state index contributed by atoms with van der Waals surface area (Å²) in [4.78, 5) is 17.0. The lowest BCUT2D eigenvalue weighted by atomic mass is 9.84. The van der Waals surface area contributed by atoms with Crippen LogP contribution < -0.4 is 0 Å². The van der Waals surface area contributed by atoms with Gasteiger partial charge in [0.05, 0.1) is 17.0 Å². The van der Waals surface area contributed by atoms with Crippen molar-refractivity contribution in [2.24, 2.45) is 5.92 Å². The van der Waals surface area contributed by atoms with Gasteiger partial charge in [0, 0.05) is 5.92 Å². The van der Waals surface area contributed by atoms with Crippen LogP contribution in [0.3, 0.4) is 0 Å². The fourth-order valence-corrected chi connectivity index (χ4v) is 3.06. The van der Waals surface area contributed by atoms with E-state index in [0.717, 1.165) is 29.7 Å². The number of aromatic nitrogens is 2. The van der Waals surface area contributed by atoms with Crippen molar-refractivity contribution in [3.05, 3.63) is 42.2 Å². The summed E-state index contributed by atoms with van der Waals surface area (Å²) in [5.74, 6) is 1.60. The van der Waals surface area contributed by atoms with Gasteiger partial charge in [-0.15, -0.1) is 0 Å². The average molecular weight is 224 g/mol. The number of fused-ring (bicyclic) bond motifs is 5. The van der Waals surface area contributed by atoms with Crippen molar-refractivity contribution >= 4 is 16.9 Å². The molecule has 1 aliphatic heterocycles. The second-order valence-electron chi connectivity index (χ2n) is 4.79. The normalized spacial score (nSPS) is 26.2. The van der Waals surface area contributed by atoms with Gasteiger partial charge in [0.2, 0.25) is 5.91 Å². The average Bonchev–Trinajstić information content (AvgIpc) is 2.88. The Labute approximate surface area is 98.8 Å². The van der Waals surface area contributed by atoms with Crippen molar-refractivity contribution < 1.29 is 4.79 Å². The third-order valence-electron chi connectivity index (χ3n) is 3.89. The number of benzene rings is 1. The van der Waals surface area contributed by atoms with E-state index in [1.54, 1.807) is 0 Å². The predicted molar refractivity (Wildman–Crippen MR) is 65.0 cm³/mol. The van der Waals surface area contributed by atoms with E-state index < -0.39 is 0 Å². The molecule has 2 heterocycles. The highest BCUT2D eigenvalue weighted by molar-refractivity contribution is 5.95. The van der Waals surface area contributed by atoms with Gasteiger partial charge in [-0.3, -0.25) is 9.36 Å². The Bertz CT molecular complexity index is 653. The number of carbonyl (C=O) groups is 1. The summed E-state index contributed by atoms with van der Waals surface area (Å²) < 4.78 is 1.83. The Kier molecular flexibility index (Phi) is 1.65. The van der Waals surface area contributed by atoms with Gasteiger partial charge >= 0.3 is 0 Å². The lowest BCUT2D eigenvalue weighted by Crippen LogP contribution is -2.18. The van der Waals surface area contributed by atoms with Gasteiger partial charge in [0.15, 0.2) is 0 Å². The van der Waals surface area contributed by atoms with E-state index >= 15 is 0 Å². The minimum Gasteiger partial charge on any atom is -0.274 e. The van der Waals surface area contributed by atoms with Crippen LogP contribution in [0.2, 0.25) is 0 Å². The Hall–Kier alpha value is -1.90. The molecule has 2 atom stereocenters. The maximum Gasteiger partial charge on any atom is 0.236 e. The monoisotopic (exact) mass is 224 g/mol. The van der Waals surface area contributed by atoms with Gasteiger partial charge in [-0.05, 0) is 25.0 Å². The highest BCUT2D eigenvalue weighted by atomic mass is 16.2. The number of hydrogen-bond donors (Lipinski definition) is 0. The largest absolute Gasteiger partial charge is 0.274 e. The molecular weight excluding hydrogens is 212 g/mol. The number of rotatable bonds is 0. The molecule has 1 aliphatic carbocycles. The zero-order valence-electron chi connectivity index (χ0n) is 9.34. The van der Waals surface area contributed by atoms with Gasteiger partial charge < -0.3 is 0 Å². The summed E-state index contributed by atoms with van der Waals surface area (Å²) in [7, 11) is 0. The van der Waals surface area contributed by atoms with Gasteiger partial charge in [-0.1, -0.05) is 24.3 Å². The summed E-state index contributed by atoms with van der Waals surface area (Å²) >= 11 is 0. The van der Waals surface area contributed by atoms with Crippen LogP contribution in [-0.4, -0.2) is 15.5 Å². The van der Waals surface area contributed by atoms with Gasteiger partial charge in [0.25, 0.3) is 0 Å². The van der Waals surface area contributed by atoms with Crippen molar-refractivity contribution in [1.29, 1.82) is 0 Å². The third kappa shape index (κ3) is 1.06. The molecule has 2 unspecified atom stereocenters. The fourth-order valence-electron chi connectivity index (χ4n) is 3.06. The summed E-state index contributed by atoms with van der Waals surface area (Å²) in [6, 6.07) is 7.88. The zero-order chi connectivity index (χ0) is 11.4. The molecule has 1 aromatic heterocycles. The van der Waals surface area contributed by atoms with Crippen molar-refractivity contribution in [3.8, 4) is 0 Å². The molecule has 0 amide bonds. The van der Waals surface area contributed by atoms with Crippen molar-refractivity contribution in [2.45, 2.75) is 18.8 Å². The van der Waals surface area contributed by atoms with Crippen molar-refractivity contribution in [2.75, 3.05) is 0 Å². The molecule has 0 saturated carbocycles. The Balaban J connectivity index is 2.01. The van der Waals surface area contributed by atoms with E-state index in [1.807, 2.05) is 28.8 Å². The standard InChI is InChI=1S/C14H12N2O/c17-14-10-6-2-1-5-9(10)13-15-11-7-3-4-8-12(11)16(13)14/h1-4,7-10H,5-6H2. The fraction of sp³-hybridized carbons (Fsp3) is 0.286. The highest BCUT2D eigenvalue weighted by Crippen LogP contribution is 2.42. The van der Waals surface area contributed by atoms with E-state index in [9.17, 15) is 4.79 Å². The molecule has 4 rings (SSSR count). The van der Waals surface area contributed by atoms with Crippen LogP contribution in [0.25, 0.3) is 11.0 Å². The molecule has 0 fully saturated rings. The number of imidazole rings is 1. The second kappa shape index (κ2) is 3.06. The van der Waals surface area contributed by atoms with Crippen molar-refractivity contribution in [1.82, 2.24) is 9.55 Å². The second-order valence-corrected chi connectivity index (χ2v) is 4.79. The van der Waals surface area contributed by atoms with Gasteiger partial charge in [-0.25, -0.2) is 4.98 Å². The molecular formula is C14H12N2O. The topological polar surface area (TPSA) is 34.9 Å². The third-order valence-corrected chi connectivity index (χ3v) is 3.89. The molecule has 0 spiro atoms.